The van der Waals surface area contributed by atoms with Gasteiger partial charge in [0.15, 0.2) is 0 Å². The van der Waals surface area contributed by atoms with E-state index in [9.17, 15) is 9.59 Å². The van der Waals surface area contributed by atoms with Crippen LogP contribution in [-0.2, 0) is 28.5 Å². The van der Waals surface area contributed by atoms with Gasteiger partial charge in [0.1, 0.15) is 13.2 Å². The predicted molar refractivity (Wildman–Crippen MR) is 151 cm³/mol. The molecule has 1 aliphatic heterocycles. The van der Waals surface area contributed by atoms with Crippen LogP contribution in [0, 0.1) is 23.7 Å². The number of carbonyl (C=O) groups is 2. The second kappa shape index (κ2) is 27.5. The van der Waals surface area contributed by atoms with Crippen LogP contribution >= 0.6 is 0 Å². The summed E-state index contributed by atoms with van der Waals surface area (Å²) in [7, 11) is 0. The van der Waals surface area contributed by atoms with Crippen molar-refractivity contribution in [3.05, 3.63) is 24.3 Å². The normalized spacial score (nSPS) is 20.5. The minimum Gasteiger partial charge on any atom is -0.466 e. The molecule has 0 aromatic carbocycles. The molecule has 0 radical (unpaired) electrons. The summed E-state index contributed by atoms with van der Waals surface area (Å²) < 4.78 is 21.6. The van der Waals surface area contributed by atoms with Crippen LogP contribution in [0.25, 0.3) is 0 Å². The van der Waals surface area contributed by atoms with Gasteiger partial charge in [0.25, 0.3) is 0 Å². The third-order valence-corrected chi connectivity index (χ3v) is 5.82. The number of cyclic esters (lactones) is 2. The van der Waals surface area contributed by atoms with E-state index in [1.54, 1.807) is 0 Å². The fourth-order valence-corrected chi connectivity index (χ4v) is 3.64. The van der Waals surface area contributed by atoms with Crippen molar-refractivity contribution < 1.29 is 28.5 Å². The molecule has 0 atom stereocenters. The number of carbonyl (C=O) groups excluding carboxylic acids is 2. The van der Waals surface area contributed by atoms with E-state index >= 15 is 0 Å². The fraction of sp³-hybridized carbons (Fsp3) is 0.688. The van der Waals surface area contributed by atoms with Crippen molar-refractivity contribution >= 4 is 11.9 Å². The van der Waals surface area contributed by atoms with Gasteiger partial charge in [-0.25, -0.2) is 0 Å². The lowest BCUT2D eigenvalue weighted by Gasteiger charge is -2.04. The van der Waals surface area contributed by atoms with Gasteiger partial charge in [0, 0.05) is 26.1 Å². The van der Waals surface area contributed by atoms with Crippen molar-refractivity contribution in [1.82, 2.24) is 0 Å². The van der Waals surface area contributed by atoms with Crippen LogP contribution in [0.2, 0.25) is 0 Å². The van der Waals surface area contributed by atoms with Crippen LogP contribution in [0.5, 0.6) is 0 Å². The molecule has 0 fully saturated rings. The maximum atomic E-state index is 11.8. The Bertz CT molecular complexity index is 711. The molecule has 0 amide bonds. The van der Waals surface area contributed by atoms with E-state index in [0.717, 1.165) is 89.9 Å². The van der Waals surface area contributed by atoms with Crippen molar-refractivity contribution in [3.8, 4) is 23.7 Å². The van der Waals surface area contributed by atoms with Crippen molar-refractivity contribution in [2.24, 2.45) is 0 Å². The van der Waals surface area contributed by atoms with E-state index in [2.05, 4.69) is 48.0 Å². The van der Waals surface area contributed by atoms with Crippen molar-refractivity contribution in [3.63, 3.8) is 0 Å². The Morgan fingerprint density at radius 3 is 1.32 bits per heavy atom. The van der Waals surface area contributed by atoms with E-state index in [0.29, 0.717) is 52.5 Å². The van der Waals surface area contributed by atoms with Crippen molar-refractivity contribution in [2.75, 3.05) is 39.6 Å². The molecule has 1 rings (SSSR count). The lowest BCUT2D eigenvalue weighted by atomic mass is 10.2. The highest BCUT2D eigenvalue weighted by Crippen LogP contribution is 2.06. The third kappa shape index (κ3) is 25.1. The number of hydrogen-bond acceptors (Lipinski definition) is 6. The number of hydrogen-bond donors (Lipinski definition) is 0. The van der Waals surface area contributed by atoms with E-state index in [1.807, 2.05) is 0 Å². The summed E-state index contributed by atoms with van der Waals surface area (Å²) in [5.74, 6) is 11.1. The van der Waals surface area contributed by atoms with Crippen LogP contribution in [0.1, 0.15) is 103 Å². The Morgan fingerprint density at radius 2 is 0.868 bits per heavy atom. The summed E-state index contributed by atoms with van der Waals surface area (Å²) in [5, 5.41) is 0. The summed E-state index contributed by atoms with van der Waals surface area (Å²) in [6.45, 7) is 3.12. The summed E-state index contributed by atoms with van der Waals surface area (Å²) in [6, 6.07) is 0. The van der Waals surface area contributed by atoms with Gasteiger partial charge in [-0.2, -0.15) is 0 Å². The zero-order valence-corrected chi connectivity index (χ0v) is 23.3. The standard InChI is InChI=1S/C32H48O6/c33-31-23-15-7-5-3-1-2-4-6-8-16-24-32(34)38-30-22-14-12-20-28-36-26-18-10-9-17-25-35-27-19-11-13-21-29-37-31/h3-6H,1-2,7-8,11-16,19-30H2. The Balaban J connectivity index is 2.25. The van der Waals surface area contributed by atoms with Crippen LogP contribution in [0.4, 0.5) is 0 Å². The lowest BCUT2D eigenvalue weighted by molar-refractivity contribution is -0.144. The molecule has 38 heavy (non-hydrogen) atoms. The first-order valence-corrected chi connectivity index (χ1v) is 14.5. The highest BCUT2D eigenvalue weighted by molar-refractivity contribution is 5.69. The first kappa shape index (κ1) is 33.5. The molecule has 0 aromatic heterocycles. The van der Waals surface area contributed by atoms with Crippen LogP contribution in [0.3, 0.4) is 0 Å². The molecule has 0 saturated heterocycles. The van der Waals surface area contributed by atoms with Gasteiger partial charge >= 0.3 is 11.9 Å². The minimum absolute atomic E-state index is 0.106. The molecule has 212 valence electrons. The molecule has 6 nitrogen and oxygen atoms in total. The second-order valence-corrected chi connectivity index (χ2v) is 9.28. The smallest absolute Gasteiger partial charge is 0.305 e. The number of allylic oxidation sites excluding steroid dienone is 4. The Labute approximate surface area is 230 Å². The highest BCUT2D eigenvalue weighted by atomic mass is 16.5. The quantitative estimate of drug-likeness (QED) is 0.204. The van der Waals surface area contributed by atoms with Crippen LogP contribution < -0.4 is 0 Å². The molecule has 1 aliphatic rings. The van der Waals surface area contributed by atoms with Gasteiger partial charge in [-0.05, 0) is 88.9 Å². The molecule has 0 spiro atoms. The first-order chi connectivity index (χ1) is 18.8. The molecular formula is C32H48O6. The number of ether oxygens (including phenoxy) is 4. The Kier molecular flexibility index (Phi) is 24.2. The highest BCUT2D eigenvalue weighted by Gasteiger charge is 2.02. The molecule has 0 unspecified atom stereocenters. The molecule has 0 saturated carbocycles. The average Bonchev–Trinajstić information content (AvgIpc) is 2.91. The fourth-order valence-electron chi connectivity index (χ4n) is 3.64. The van der Waals surface area contributed by atoms with Gasteiger partial charge in [-0.1, -0.05) is 49.0 Å². The molecule has 0 bridgehead atoms. The van der Waals surface area contributed by atoms with E-state index in [4.69, 9.17) is 18.9 Å². The zero-order chi connectivity index (χ0) is 27.2. The lowest BCUT2D eigenvalue weighted by Crippen LogP contribution is -2.05. The summed E-state index contributed by atoms with van der Waals surface area (Å²) in [6.07, 6.45) is 22.8. The third-order valence-electron chi connectivity index (χ3n) is 5.82. The topological polar surface area (TPSA) is 71.1 Å². The molecule has 0 aliphatic carbocycles. The zero-order valence-electron chi connectivity index (χ0n) is 23.3. The first-order valence-electron chi connectivity index (χ1n) is 14.5. The molecule has 6 heteroatoms. The maximum Gasteiger partial charge on any atom is 0.305 e. The molecule has 1 heterocycles. The molecular weight excluding hydrogens is 480 g/mol. The van der Waals surface area contributed by atoms with Crippen LogP contribution in [-0.4, -0.2) is 51.6 Å². The van der Waals surface area contributed by atoms with Gasteiger partial charge in [-0.3, -0.25) is 9.59 Å². The number of esters is 2. The maximum absolute atomic E-state index is 11.8. The number of rotatable bonds is 0. The van der Waals surface area contributed by atoms with Gasteiger partial charge < -0.3 is 18.9 Å². The average molecular weight is 529 g/mol. The SMILES string of the molecule is O=C1CCCC=CCCC=CCCCC(=O)OCCCCCCOCC#CC#CCOCCCCCCO1. The largest absolute Gasteiger partial charge is 0.466 e. The monoisotopic (exact) mass is 528 g/mol. The van der Waals surface area contributed by atoms with Gasteiger partial charge in [0.2, 0.25) is 0 Å². The second-order valence-electron chi connectivity index (χ2n) is 9.28. The Morgan fingerprint density at radius 1 is 0.474 bits per heavy atom. The van der Waals surface area contributed by atoms with E-state index < -0.39 is 0 Å². The van der Waals surface area contributed by atoms with Gasteiger partial charge in [0.05, 0.1) is 13.2 Å². The summed E-state index contributed by atoms with van der Waals surface area (Å²) in [4.78, 5) is 23.6. The van der Waals surface area contributed by atoms with E-state index in [1.165, 1.54) is 0 Å². The molecule has 0 N–H and O–H groups in total. The Hall–Kier alpha value is -2.54. The summed E-state index contributed by atoms with van der Waals surface area (Å²) >= 11 is 0. The van der Waals surface area contributed by atoms with Gasteiger partial charge in [-0.15, -0.1) is 0 Å². The van der Waals surface area contributed by atoms with E-state index in [-0.39, 0.29) is 11.9 Å². The molecule has 0 aromatic rings. The van der Waals surface area contributed by atoms with Crippen molar-refractivity contribution in [1.29, 1.82) is 0 Å². The minimum atomic E-state index is -0.106. The van der Waals surface area contributed by atoms with Crippen LogP contribution in [0.15, 0.2) is 24.3 Å². The van der Waals surface area contributed by atoms with Crippen molar-refractivity contribution in [2.45, 2.75) is 103 Å². The predicted octanol–water partition coefficient (Wildman–Crippen LogP) is 6.48. The summed E-state index contributed by atoms with van der Waals surface area (Å²) in [5.41, 5.74) is 0.